The van der Waals surface area contributed by atoms with E-state index in [1.165, 1.54) is 38.5 Å². The van der Waals surface area contributed by atoms with E-state index in [2.05, 4.69) is 25.9 Å². The van der Waals surface area contributed by atoms with Gasteiger partial charge in [0.1, 0.15) is 0 Å². The molecule has 0 spiro atoms. The topological polar surface area (TPSA) is 43.9 Å². The number of amides is 2. The van der Waals surface area contributed by atoms with Gasteiger partial charge in [-0.2, -0.15) is 0 Å². The summed E-state index contributed by atoms with van der Waals surface area (Å²) < 4.78 is 0.882. The highest BCUT2D eigenvalue weighted by Crippen LogP contribution is 2.23. The average Bonchev–Trinajstić information content (AvgIpc) is 2.72. The number of carbonyl (C=O) groups excluding carboxylic acids is 2. The Morgan fingerprint density at radius 1 is 0.929 bits per heavy atom. The molecule has 6 nitrogen and oxygen atoms in total. The molecule has 0 aromatic rings. The maximum Gasteiger partial charge on any atom is 0.280 e. The molecule has 0 N–H and O–H groups in total. The van der Waals surface area contributed by atoms with Crippen molar-refractivity contribution >= 4 is 11.8 Å². The van der Waals surface area contributed by atoms with E-state index in [4.69, 9.17) is 0 Å². The maximum atomic E-state index is 13.0. The Balaban J connectivity index is 1.43. The highest BCUT2D eigenvalue weighted by molar-refractivity contribution is 5.81. The van der Waals surface area contributed by atoms with Crippen molar-refractivity contribution in [3.63, 3.8) is 0 Å². The highest BCUT2D eigenvalue weighted by atomic mass is 16.2. The molecular weight excluding hydrogens is 352 g/mol. The van der Waals surface area contributed by atoms with Gasteiger partial charge in [-0.3, -0.25) is 9.59 Å². The van der Waals surface area contributed by atoms with Gasteiger partial charge < -0.3 is 19.2 Å². The second-order valence-electron chi connectivity index (χ2n) is 9.54. The first-order valence-corrected chi connectivity index (χ1v) is 11.5. The molecule has 0 aliphatic carbocycles. The molecule has 0 aromatic heterocycles. The monoisotopic (exact) mass is 393 g/mol. The van der Waals surface area contributed by atoms with E-state index in [1.807, 2.05) is 9.80 Å². The lowest BCUT2D eigenvalue weighted by Crippen LogP contribution is -2.62. The zero-order valence-electron chi connectivity index (χ0n) is 18.4. The molecular formula is C22H41N4O2+. The Hall–Kier alpha value is -1.14. The van der Waals surface area contributed by atoms with Crippen molar-refractivity contribution in [1.29, 1.82) is 0 Å². The van der Waals surface area contributed by atoms with E-state index in [1.54, 1.807) is 0 Å². The molecule has 3 rings (SSSR count). The maximum absolute atomic E-state index is 13.0. The zero-order valence-corrected chi connectivity index (χ0v) is 18.4. The molecule has 3 aliphatic rings. The summed E-state index contributed by atoms with van der Waals surface area (Å²) in [4.78, 5) is 32.1. The van der Waals surface area contributed by atoms with Gasteiger partial charge in [0.05, 0.1) is 20.1 Å². The molecule has 3 fully saturated rings. The molecule has 3 heterocycles. The van der Waals surface area contributed by atoms with Crippen LogP contribution in [0.15, 0.2) is 0 Å². The molecule has 2 atom stereocenters. The van der Waals surface area contributed by atoms with Crippen molar-refractivity contribution in [2.45, 2.75) is 70.4 Å². The predicted octanol–water partition coefficient (Wildman–Crippen LogP) is 1.94. The fourth-order valence-corrected chi connectivity index (χ4v) is 5.29. The lowest BCUT2D eigenvalue weighted by Gasteiger charge is -2.44. The lowest BCUT2D eigenvalue weighted by molar-refractivity contribution is -0.927. The van der Waals surface area contributed by atoms with Crippen LogP contribution in [0.25, 0.3) is 0 Å². The van der Waals surface area contributed by atoms with Gasteiger partial charge in [-0.15, -0.1) is 0 Å². The number of likely N-dealkylation sites (N-methyl/N-ethyl adjacent to an activating group) is 1. The van der Waals surface area contributed by atoms with Crippen molar-refractivity contribution in [1.82, 2.24) is 14.7 Å². The van der Waals surface area contributed by atoms with Crippen molar-refractivity contribution in [3.05, 3.63) is 0 Å². The third kappa shape index (κ3) is 5.07. The second-order valence-corrected chi connectivity index (χ2v) is 9.54. The Morgan fingerprint density at radius 2 is 1.57 bits per heavy atom. The summed E-state index contributed by atoms with van der Waals surface area (Å²) in [5.74, 6) is 0.550. The summed E-state index contributed by atoms with van der Waals surface area (Å²) in [7, 11) is 4.43. The average molecular weight is 394 g/mol. The summed E-state index contributed by atoms with van der Waals surface area (Å²) in [6.45, 7) is 8.27. The van der Waals surface area contributed by atoms with Gasteiger partial charge in [-0.25, -0.2) is 0 Å². The summed E-state index contributed by atoms with van der Waals surface area (Å²) in [5.41, 5.74) is 0. The molecule has 0 radical (unpaired) electrons. The van der Waals surface area contributed by atoms with Crippen LogP contribution in [0.4, 0.5) is 0 Å². The van der Waals surface area contributed by atoms with Crippen LogP contribution in [0.5, 0.6) is 0 Å². The number of carbonyl (C=O) groups is 2. The normalized spacial score (nSPS) is 27.5. The molecule has 160 valence electrons. The van der Waals surface area contributed by atoms with Gasteiger partial charge in [-0.05, 0) is 59.0 Å². The Bertz CT molecular complexity index is 539. The fourth-order valence-electron chi connectivity index (χ4n) is 5.29. The number of rotatable bonds is 5. The van der Waals surface area contributed by atoms with Crippen molar-refractivity contribution < 1.29 is 14.1 Å². The predicted molar refractivity (Wildman–Crippen MR) is 112 cm³/mol. The number of piperidine rings is 2. The van der Waals surface area contributed by atoms with Crippen LogP contribution in [0.2, 0.25) is 0 Å². The van der Waals surface area contributed by atoms with E-state index in [0.29, 0.717) is 38.6 Å². The molecule has 3 aliphatic heterocycles. The van der Waals surface area contributed by atoms with Crippen LogP contribution in [0, 0.1) is 0 Å². The van der Waals surface area contributed by atoms with Gasteiger partial charge >= 0.3 is 0 Å². The van der Waals surface area contributed by atoms with Crippen LogP contribution in [-0.4, -0.2) is 103 Å². The number of hydrogen-bond acceptors (Lipinski definition) is 3. The number of nitrogens with zero attached hydrogens (tertiary/aromatic N) is 4. The Labute approximate surface area is 171 Å². The summed E-state index contributed by atoms with van der Waals surface area (Å²) >= 11 is 0. The first-order chi connectivity index (χ1) is 13.4. The molecule has 0 saturated carbocycles. The van der Waals surface area contributed by atoms with E-state index in [-0.39, 0.29) is 17.9 Å². The minimum atomic E-state index is 0.0318. The number of likely N-dealkylation sites (tertiary alicyclic amines) is 2. The van der Waals surface area contributed by atoms with E-state index in [0.717, 1.165) is 30.5 Å². The molecule has 2 amide bonds. The summed E-state index contributed by atoms with van der Waals surface area (Å²) in [6, 6.07) is 0.597. The van der Waals surface area contributed by atoms with Crippen molar-refractivity contribution in [3.8, 4) is 0 Å². The Kier molecular flexibility index (Phi) is 7.37. The first-order valence-electron chi connectivity index (χ1n) is 11.5. The smallest absolute Gasteiger partial charge is 0.280 e. The zero-order chi connectivity index (χ0) is 20.1. The van der Waals surface area contributed by atoms with Gasteiger partial charge in [0.25, 0.3) is 5.91 Å². The van der Waals surface area contributed by atoms with Crippen LogP contribution in [0.1, 0.15) is 58.3 Å². The number of hydrogen-bond donors (Lipinski definition) is 0. The first kappa shape index (κ1) is 21.6. The quantitative estimate of drug-likeness (QED) is 0.671. The standard InChI is InChI=1S/C22H41N4O2/c1-19(26(3)17-7-4-8-18-26)22(28)25-15-13-24(14-16-25)21(27)11-10-20-9-5-6-12-23(20)2/h19-20H,4-18H2,1-3H3/q+1. The molecule has 0 aromatic carbocycles. The second kappa shape index (κ2) is 9.57. The summed E-state index contributed by atoms with van der Waals surface area (Å²) in [6.07, 6.45) is 9.18. The van der Waals surface area contributed by atoms with Gasteiger partial charge in [0.15, 0.2) is 6.04 Å². The largest absolute Gasteiger partial charge is 0.339 e. The lowest BCUT2D eigenvalue weighted by atomic mass is 9.98. The van der Waals surface area contributed by atoms with Gasteiger partial charge in [-0.1, -0.05) is 6.42 Å². The molecule has 2 unspecified atom stereocenters. The van der Waals surface area contributed by atoms with Gasteiger partial charge in [0, 0.05) is 38.6 Å². The number of piperazine rings is 1. The van der Waals surface area contributed by atoms with Crippen LogP contribution in [-0.2, 0) is 9.59 Å². The minimum Gasteiger partial charge on any atom is -0.339 e. The minimum absolute atomic E-state index is 0.0318. The third-order valence-electron chi connectivity index (χ3n) is 7.69. The van der Waals surface area contributed by atoms with Crippen LogP contribution < -0.4 is 0 Å². The van der Waals surface area contributed by atoms with Crippen LogP contribution in [0.3, 0.4) is 0 Å². The number of quaternary nitrogens is 1. The molecule has 6 heteroatoms. The van der Waals surface area contributed by atoms with E-state index in [9.17, 15) is 9.59 Å². The highest BCUT2D eigenvalue weighted by Gasteiger charge is 2.39. The van der Waals surface area contributed by atoms with Crippen molar-refractivity contribution in [2.24, 2.45) is 0 Å². The van der Waals surface area contributed by atoms with Crippen LogP contribution >= 0.6 is 0 Å². The van der Waals surface area contributed by atoms with E-state index >= 15 is 0 Å². The SMILES string of the molecule is CC(C(=O)N1CCN(C(=O)CCC2CCCCN2C)CC1)[N+]1(C)CCCCC1. The van der Waals surface area contributed by atoms with Gasteiger partial charge in [0.2, 0.25) is 5.91 Å². The Morgan fingerprint density at radius 3 is 2.21 bits per heavy atom. The summed E-state index contributed by atoms with van der Waals surface area (Å²) in [5, 5.41) is 0. The molecule has 0 bridgehead atoms. The third-order valence-corrected chi connectivity index (χ3v) is 7.69. The van der Waals surface area contributed by atoms with Crippen molar-refractivity contribution in [2.75, 3.05) is 59.9 Å². The molecule has 3 saturated heterocycles. The fraction of sp³-hybridized carbons (Fsp3) is 0.909. The molecule has 28 heavy (non-hydrogen) atoms. The van der Waals surface area contributed by atoms with E-state index < -0.39 is 0 Å².